The molecule has 3 aliphatic rings. The zero-order valence-electron chi connectivity index (χ0n) is 52.3. The van der Waals surface area contributed by atoms with E-state index in [0.29, 0.717) is 57.1 Å². The molecule has 3 saturated heterocycles. The highest BCUT2D eigenvalue weighted by Gasteiger charge is 2.17. The molecule has 3 aliphatic heterocycles. The zero-order chi connectivity index (χ0) is 64.5. The van der Waals surface area contributed by atoms with E-state index in [1.165, 1.54) is 103 Å². The fourth-order valence-corrected chi connectivity index (χ4v) is 12.2. The van der Waals surface area contributed by atoms with E-state index in [1.807, 2.05) is 42.7 Å². The van der Waals surface area contributed by atoms with Crippen LogP contribution < -0.4 is 20.4 Å². The highest BCUT2D eigenvalue weighted by Crippen LogP contribution is 2.29. The van der Waals surface area contributed by atoms with Gasteiger partial charge in [0.2, 0.25) is 0 Å². The van der Waals surface area contributed by atoms with Crippen LogP contribution in [0.2, 0.25) is 10.0 Å². The third kappa shape index (κ3) is 17.6. The third-order valence-electron chi connectivity index (χ3n) is 16.8. The molecule has 3 N–H and O–H groups in total. The zero-order valence-corrected chi connectivity index (χ0v) is 53.8. The highest BCUT2D eigenvalue weighted by atomic mass is 35.5. The summed E-state index contributed by atoms with van der Waals surface area (Å²) >= 11 is 12.1. The Morgan fingerprint density at radius 1 is 0.516 bits per heavy atom. The smallest absolute Gasteiger partial charge is 0.337 e. The van der Waals surface area contributed by atoms with Crippen LogP contribution in [0.25, 0.3) is 43.6 Å². The number of carbonyl (C=O) groups excluding carboxylic acids is 3. The summed E-state index contributed by atoms with van der Waals surface area (Å²) in [5, 5.41) is 11.2. The first-order valence-electron chi connectivity index (χ1n) is 31.7. The van der Waals surface area contributed by atoms with E-state index < -0.39 is 5.82 Å². The molecule has 14 rings (SSSR count). The Morgan fingerprint density at radius 2 is 0.968 bits per heavy atom. The third-order valence-corrected chi connectivity index (χ3v) is 17.3. The van der Waals surface area contributed by atoms with Crippen LogP contribution in [-0.2, 0) is 35.3 Å². The fourth-order valence-electron chi connectivity index (χ4n) is 11.8. The van der Waals surface area contributed by atoms with Gasteiger partial charge in [-0.25, -0.2) is 14.0 Å². The van der Waals surface area contributed by atoms with Crippen LogP contribution in [0.1, 0.15) is 128 Å². The van der Waals surface area contributed by atoms with Crippen molar-refractivity contribution in [3.63, 3.8) is 0 Å². The number of H-pyrrole nitrogens is 1. The SMILES string of the molecule is C1CCNCC1.COC(=O)c1ccnc(Cc2ccc3ncc(Cl)cc3c2)c1.COC(=O)c1ccnc(Cc2ccc3ncc(N4CCCCC4)cc3c2)c1.O=C(NCc1cc2c(Cl)c[nH]c2cc1F)c1ccnc(Cc2ccc3ncc(N4CCCCC4)cc3c2)c1. The number of fused-ring (bicyclic) bond motifs is 4. The number of nitrogens with one attached hydrogen (secondary N) is 3. The minimum Gasteiger partial charge on any atom is -0.465 e. The minimum atomic E-state index is -0.402. The number of aromatic nitrogens is 7. The van der Waals surface area contributed by atoms with Crippen LogP contribution in [0.3, 0.4) is 0 Å². The molecule has 0 bridgehead atoms. The number of pyridine rings is 6. The molecule has 0 unspecified atom stereocenters. The van der Waals surface area contributed by atoms with Gasteiger partial charge >= 0.3 is 11.9 Å². The summed E-state index contributed by atoms with van der Waals surface area (Å²) in [7, 11) is 2.75. The lowest BCUT2D eigenvalue weighted by Gasteiger charge is -2.28. The molecular weight excluding hydrogens is 1210 g/mol. The summed E-state index contributed by atoms with van der Waals surface area (Å²) in [6.45, 7) is 6.92. The van der Waals surface area contributed by atoms with E-state index in [9.17, 15) is 18.8 Å². The van der Waals surface area contributed by atoms with Gasteiger partial charge in [-0.3, -0.25) is 34.7 Å². The van der Waals surface area contributed by atoms with Crippen molar-refractivity contribution in [3.05, 3.63) is 237 Å². The molecule has 1 amide bonds. The van der Waals surface area contributed by atoms with Crippen LogP contribution in [0, 0.1) is 5.82 Å². The van der Waals surface area contributed by atoms with E-state index in [4.69, 9.17) is 32.7 Å². The summed E-state index contributed by atoms with van der Waals surface area (Å²) in [4.78, 5) is 70.6. The monoisotopic (exact) mass is 1290 g/mol. The van der Waals surface area contributed by atoms with Crippen LogP contribution in [0.4, 0.5) is 15.8 Å². The topological polar surface area (TPSA) is 193 Å². The number of rotatable bonds is 13. The molecule has 10 heterocycles. The van der Waals surface area contributed by atoms with Crippen molar-refractivity contribution in [3.8, 4) is 0 Å². The van der Waals surface area contributed by atoms with Crippen LogP contribution in [-0.4, -0.2) is 106 Å². The normalized spacial score (nSPS) is 13.9. The van der Waals surface area contributed by atoms with Gasteiger partial charge in [0.1, 0.15) is 5.82 Å². The Kier molecular flexibility index (Phi) is 22.2. The van der Waals surface area contributed by atoms with Crippen molar-refractivity contribution in [2.45, 2.75) is 83.6 Å². The van der Waals surface area contributed by atoms with Gasteiger partial charge in [-0.05, 0) is 184 Å². The molecule has 16 nitrogen and oxygen atoms in total. The Morgan fingerprint density at radius 3 is 1.43 bits per heavy atom. The van der Waals surface area contributed by atoms with Gasteiger partial charge in [0.25, 0.3) is 5.91 Å². The Labute approximate surface area is 550 Å². The van der Waals surface area contributed by atoms with Gasteiger partial charge in [-0.15, -0.1) is 0 Å². The number of aromatic amines is 1. The Bertz CT molecular complexity index is 4410. The maximum atomic E-state index is 14.5. The maximum Gasteiger partial charge on any atom is 0.337 e. The average molecular weight is 1290 g/mol. The van der Waals surface area contributed by atoms with E-state index >= 15 is 0 Å². The number of esters is 2. The number of piperidine rings is 3. The van der Waals surface area contributed by atoms with Gasteiger partial charge in [0.15, 0.2) is 0 Å². The quantitative estimate of drug-likeness (QED) is 0.0923. The van der Waals surface area contributed by atoms with Gasteiger partial charge in [0, 0.05) is 138 Å². The predicted octanol–water partition coefficient (Wildman–Crippen LogP) is 14.8. The Hall–Kier alpha value is -9.42. The first kappa shape index (κ1) is 65.1. The maximum absolute atomic E-state index is 14.5. The van der Waals surface area contributed by atoms with Crippen molar-refractivity contribution in [2.75, 3.05) is 63.3 Å². The number of hydrogen-bond donors (Lipinski definition) is 3. The minimum absolute atomic E-state index is 0.0524. The van der Waals surface area contributed by atoms with E-state index in [-0.39, 0.29) is 24.4 Å². The Balaban J connectivity index is 0.000000141. The number of nitrogens with zero attached hydrogens (tertiary/aromatic N) is 8. The molecule has 476 valence electrons. The lowest BCUT2D eigenvalue weighted by atomic mass is 10.0. The van der Waals surface area contributed by atoms with Crippen LogP contribution >= 0.6 is 23.2 Å². The lowest BCUT2D eigenvalue weighted by molar-refractivity contribution is 0.0591. The van der Waals surface area contributed by atoms with Crippen molar-refractivity contribution in [1.82, 2.24) is 45.5 Å². The molecule has 0 radical (unpaired) electrons. The summed E-state index contributed by atoms with van der Waals surface area (Å²) in [6, 6.07) is 38.2. The molecule has 3 fully saturated rings. The number of hydrogen-bond acceptors (Lipinski definition) is 14. The summed E-state index contributed by atoms with van der Waals surface area (Å²) in [6.07, 6.45) is 25.7. The highest BCUT2D eigenvalue weighted by molar-refractivity contribution is 6.35. The van der Waals surface area contributed by atoms with E-state index in [2.05, 4.69) is 97.8 Å². The second-order valence-corrected chi connectivity index (χ2v) is 24.3. The lowest BCUT2D eigenvalue weighted by Crippen LogP contribution is -2.29. The van der Waals surface area contributed by atoms with Crippen LogP contribution in [0.5, 0.6) is 0 Å². The molecular formula is C74H74Cl2FN11O5. The number of halogens is 3. The average Bonchev–Trinajstić information content (AvgIpc) is 1.28. The van der Waals surface area contributed by atoms with Crippen molar-refractivity contribution >= 4 is 96.0 Å². The molecule has 93 heavy (non-hydrogen) atoms. The number of ether oxygens (including phenoxy) is 2. The number of amides is 1. The van der Waals surface area contributed by atoms with Crippen molar-refractivity contribution in [1.29, 1.82) is 0 Å². The number of anilines is 2. The summed E-state index contributed by atoms with van der Waals surface area (Å²) < 4.78 is 24.0. The molecule has 11 aromatic rings. The number of carbonyl (C=O) groups is 3. The largest absolute Gasteiger partial charge is 0.465 e. The van der Waals surface area contributed by atoms with E-state index in [1.54, 1.807) is 73.4 Å². The van der Waals surface area contributed by atoms with Gasteiger partial charge in [-0.1, -0.05) is 47.8 Å². The molecule has 19 heteroatoms. The second kappa shape index (κ2) is 31.7. The molecule has 4 aromatic carbocycles. The molecule has 0 saturated carbocycles. The first-order chi connectivity index (χ1) is 45.4. The second-order valence-electron chi connectivity index (χ2n) is 23.5. The molecule has 0 aliphatic carbocycles. The summed E-state index contributed by atoms with van der Waals surface area (Å²) in [5.41, 5.74) is 13.5. The van der Waals surface area contributed by atoms with Gasteiger partial charge < -0.3 is 34.9 Å². The summed E-state index contributed by atoms with van der Waals surface area (Å²) in [5.74, 6) is -1.39. The standard InChI is InChI=1S/C30H27ClFN5O.C22H23N3O2.C17H13ClN2O2.C5H11N/c31-26-18-35-29-15-27(32)22(14-25(26)29)16-36-30(38)20-6-7-33-23(12-20)11-19-4-5-28-21(10-19)13-24(17-34-28)37-8-2-1-3-9-37;1-27-22(26)17-7-8-23-19(13-17)12-16-5-6-21-18(11-16)14-20(15-24-21)25-9-3-2-4-10-25;1-22-17(21)12-4-5-19-15(9-12)7-11-2-3-16-13(6-11)8-14(18)10-20-16;1-2-4-6-5-3-1/h4-7,10,12-15,17-18,35H,1-3,8-9,11,16H2,(H,36,38);5-8,11,13-15H,2-4,9-10,12H2,1H3;2-6,8-10H,7H2,1H3;6H,1-5H2. The molecule has 7 aromatic heterocycles. The van der Waals surface area contributed by atoms with Gasteiger partial charge in [-0.2, -0.15) is 0 Å². The van der Waals surface area contributed by atoms with Crippen LogP contribution in [0.15, 0.2) is 165 Å². The molecule has 0 spiro atoms. The molecule has 0 atom stereocenters. The van der Waals surface area contributed by atoms with Crippen molar-refractivity contribution in [2.24, 2.45) is 0 Å². The van der Waals surface area contributed by atoms with E-state index in [0.717, 1.165) is 98.0 Å². The van der Waals surface area contributed by atoms with Crippen molar-refractivity contribution < 1.29 is 28.2 Å². The predicted molar refractivity (Wildman–Crippen MR) is 367 cm³/mol. The first-order valence-corrected chi connectivity index (χ1v) is 32.4. The van der Waals surface area contributed by atoms with Gasteiger partial charge in [0.05, 0.1) is 75.7 Å². The number of methoxy groups -OCH3 is 2. The fraction of sp³-hybridized carbons (Fsp3) is 0.284. The number of benzene rings is 4.